The number of methoxy groups -OCH3 is 1. The Kier molecular flexibility index (Phi) is 10.3. The van der Waals surface area contributed by atoms with Gasteiger partial charge in [0.25, 0.3) is 5.91 Å². The molecule has 0 saturated carbocycles. The lowest BCUT2D eigenvalue weighted by molar-refractivity contribution is -0.119. The summed E-state index contributed by atoms with van der Waals surface area (Å²) in [6, 6.07) is 14.2. The summed E-state index contributed by atoms with van der Waals surface area (Å²) in [4.78, 5) is 38.0. The van der Waals surface area contributed by atoms with Crippen molar-refractivity contribution in [1.82, 2.24) is 5.32 Å². The summed E-state index contributed by atoms with van der Waals surface area (Å²) in [7, 11) is 1.56. The molecule has 0 atom stereocenters. The van der Waals surface area contributed by atoms with Gasteiger partial charge in [-0.05, 0) is 42.7 Å². The molecule has 2 rings (SSSR count). The fourth-order valence-electron chi connectivity index (χ4n) is 2.33. The fraction of sp³-hybridized carbons (Fsp3) is 0.286. The first-order valence-electron chi connectivity index (χ1n) is 9.12. The molecule has 160 valence electrons. The number of carbonyl (C=O) groups is 3. The third-order valence-corrected chi connectivity index (χ3v) is 5.62. The maximum atomic E-state index is 12.4. The lowest BCUT2D eigenvalue weighted by Crippen LogP contribution is -2.28. The predicted molar refractivity (Wildman–Crippen MR) is 119 cm³/mol. The third-order valence-electron chi connectivity index (χ3n) is 3.80. The largest absolute Gasteiger partial charge is 0.452 e. The number of carbonyl (C=O) groups excluding carboxylic acids is 3. The standard InChI is InChI=1S/C21H24N2O5S2/c1-27-12-11-22-20(25)14-30-18-6-4-3-5-17(18)21(26)28-13-19(24)23-15-7-9-16(29-2)10-8-15/h3-10H,11-14H2,1-2H3,(H,22,25)(H,23,24). The van der Waals surface area contributed by atoms with Crippen molar-refractivity contribution in [3.8, 4) is 0 Å². The van der Waals surface area contributed by atoms with E-state index in [4.69, 9.17) is 9.47 Å². The number of hydrogen-bond donors (Lipinski definition) is 2. The highest BCUT2D eigenvalue weighted by Gasteiger charge is 2.15. The second-order valence-corrected chi connectivity index (χ2v) is 7.88. The zero-order valence-corrected chi connectivity index (χ0v) is 18.4. The molecule has 0 aliphatic heterocycles. The van der Waals surface area contributed by atoms with E-state index in [-0.39, 0.29) is 11.7 Å². The Morgan fingerprint density at radius 2 is 1.73 bits per heavy atom. The average Bonchev–Trinajstić information content (AvgIpc) is 2.77. The van der Waals surface area contributed by atoms with Crippen molar-refractivity contribution in [2.24, 2.45) is 0 Å². The highest BCUT2D eigenvalue weighted by Crippen LogP contribution is 2.23. The van der Waals surface area contributed by atoms with E-state index in [1.165, 1.54) is 11.8 Å². The minimum atomic E-state index is -0.620. The summed E-state index contributed by atoms with van der Waals surface area (Å²) >= 11 is 2.83. The minimum Gasteiger partial charge on any atom is -0.452 e. The Bertz CT molecular complexity index is 859. The van der Waals surface area contributed by atoms with Gasteiger partial charge in [0.1, 0.15) is 0 Å². The topological polar surface area (TPSA) is 93.7 Å². The van der Waals surface area contributed by atoms with Crippen LogP contribution in [-0.4, -0.2) is 56.7 Å². The van der Waals surface area contributed by atoms with E-state index in [1.54, 1.807) is 55.3 Å². The number of rotatable bonds is 11. The van der Waals surface area contributed by atoms with Crippen LogP contribution < -0.4 is 10.6 Å². The molecule has 0 aromatic heterocycles. The Hall–Kier alpha value is -2.49. The number of nitrogens with one attached hydrogen (secondary N) is 2. The molecule has 7 nitrogen and oxygen atoms in total. The van der Waals surface area contributed by atoms with Crippen LogP contribution in [0.3, 0.4) is 0 Å². The van der Waals surface area contributed by atoms with Gasteiger partial charge in [-0.15, -0.1) is 23.5 Å². The minimum absolute atomic E-state index is 0.153. The van der Waals surface area contributed by atoms with E-state index in [0.29, 0.717) is 29.3 Å². The van der Waals surface area contributed by atoms with Crippen molar-refractivity contribution >= 4 is 47.0 Å². The molecule has 0 spiro atoms. The highest BCUT2D eigenvalue weighted by atomic mass is 32.2. The van der Waals surface area contributed by atoms with Gasteiger partial charge in [-0.3, -0.25) is 9.59 Å². The smallest absolute Gasteiger partial charge is 0.339 e. The van der Waals surface area contributed by atoms with Crippen LogP contribution in [0.2, 0.25) is 0 Å². The van der Waals surface area contributed by atoms with Gasteiger partial charge >= 0.3 is 5.97 Å². The Labute approximate surface area is 184 Å². The molecule has 0 radical (unpaired) electrons. The number of esters is 1. The van der Waals surface area contributed by atoms with Crippen LogP contribution in [0, 0.1) is 0 Å². The number of anilines is 1. The molecule has 9 heteroatoms. The van der Waals surface area contributed by atoms with Crippen LogP contribution in [0.25, 0.3) is 0 Å². The van der Waals surface area contributed by atoms with E-state index >= 15 is 0 Å². The lowest BCUT2D eigenvalue weighted by Gasteiger charge is -2.10. The first-order chi connectivity index (χ1) is 14.5. The molecule has 0 unspecified atom stereocenters. The van der Waals surface area contributed by atoms with Crippen LogP contribution in [0.5, 0.6) is 0 Å². The fourth-order valence-corrected chi connectivity index (χ4v) is 3.61. The van der Waals surface area contributed by atoms with Gasteiger partial charge in [0, 0.05) is 29.1 Å². The monoisotopic (exact) mass is 448 g/mol. The van der Waals surface area contributed by atoms with Crippen LogP contribution in [0.1, 0.15) is 10.4 Å². The highest BCUT2D eigenvalue weighted by molar-refractivity contribution is 8.00. The summed E-state index contributed by atoms with van der Waals surface area (Å²) in [5.74, 6) is -1.05. The van der Waals surface area contributed by atoms with Crippen molar-refractivity contribution < 1.29 is 23.9 Å². The van der Waals surface area contributed by atoms with Crippen molar-refractivity contribution in [2.75, 3.05) is 44.2 Å². The van der Waals surface area contributed by atoms with Gasteiger partial charge in [0.15, 0.2) is 6.61 Å². The van der Waals surface area contributed by atoms with E-state index in [9.17, 15) is 14.4 Å². The summed E-state index contributed by atoms with van der Waals surface area (Å²) in [6.45, 7) is 0.456. The zero-order chi connectivity index (χ0) is 21.8. The molecule has 2 amide bonds. The van der Waals surface area contributed by atoms with E-state index in [2.05, 4.69) is 10.6 Å². The Balaban J connectivity index is 1.85. The molecule has 0 aliphatic carbocycles. The van der Waals surface area contributed by atoms with E-state index in [1.807, 2.05) is 18.4 Å². The zero-order valence-electron chi connectivity index (χ0n) is 16.8. The summed E-state index contributed by atoms with van der Waals surface area (Å²) in [5.41, 5.74) is 0.939. The lowest BCUT2D eigenvalue weighted by atomic mass is 10.2. The van der Waals surface area contributed by atoms with Crippen LogP contribution in [-0.2, 0) is 19.1 Å². The molecular weight excluding hydrogens is 424 g/mol. The van der Waals surface area contributed by atoms with E-state index in [0.717, 1.165) is 4.90 Å². The number of ether oxygens (including phenoxy) is 2. The predicted octanol–water partition coefficient (Wildman–Crippen LogP) is 3.06. The number of thioether (sulfide) groups is 2. The SMILES string of the molecule is COCCNC(=O)CSc1ccccc1C(=O)OCC(=O)Nc1ccc(SC)cc1. The van der Waals surface area contributed by atoms with Crippen LogP contribution in [0.4, 0.5) is 5.69 Å². The number of benzene rings is 2. The summed E-state index contributed by atoms with van der Waals surface area (Å²) in [6.07, 6.45) is 1.97. The van der Waals surface area contributed by atoms with Gasteiger partial charge in [-0.2, -0.15) is 0 Å². The normalized spacial score (nSPS) is 10.3. The quantitative estimate of drug-likeness (QED) is 0.310. The van der Waals surface area contributed by atoms with Crippen molar-refractivity contribution in [3.63, 3.8) is 0 Å². The van der Waals surface area contributed by atoms with Gasteiger partial charge in [0.05, 0.1) is 17.9 Å². The second kappa shape index (κ2) is 12.9. The molecule has 0 aliphatic rings. The first-order valence-corrected chi connectivity index (χ1v) is 11.3. The molecular formula is C21H24N2O5S2. The molecule has 2 N–H and O–H groups in total. The van der Waals surface area contributed by atoms with Gasteiger partial charge < -0.3 is 20.1 Å². The van der Waals surface area contributed by atoms with Crippen molar-refractivity contribution in [1.29, 1.82) is 0 Å². The van der Waals surface area contributed by atoms with Crippen LogP contribution >= 0.6 is 23.5 Å². The first kappa shape index (κ1) is 23.8. The average molecular weight is 449 g/mol. The molecule has 0 fully saturated rings. The van der Waals surface area contributed by atoms with Gasteiger partial charge in [-0.1, -0.05) is 12.1 Å². The van der Waals surface area contributed by atoms with E-state index < -0.39 is 18.5 Å². The second-order valence-electron chi connectivity index (χ2n) is 5.98. The molecule has 2 aromatic carbocycles. The Morgan fingerprint density at radius 1 is 1.00 bits per heavy atom. The maximum Gasteiger partial charge on any atom is 0.339 e. The number of amides is 2. The molecule has 0 saturated heterocycles. The van der Waals surface area contributed by atoms with Gasteiger partial charge in [-0.25, -0.2) is 4.79 Å². The summed E-state index contributed by atoms with van der Waals surface area (Å²) < 4.78 is 10.0. The van der Waals surface area contributed by atoms with Crippen molar-refractivity contribution in [3.05, 3.63) is 54.1 Å². The third kappa shape index (κ3) is 8.10. The maximum absolute atomic E-state index is 12.4. The van der Waals surface area contributed by atoms with Gasteiger partial charge in [0.2, 0.25) is 5.91 Å². The number of hydrogen-bond acceptors (Lipinski definition) is 7. The molecule has 0 heterocycles. The molecule has 30 heavy (non-hydrogen) atoms. The molecule has 0 bridgehead atoms. The van der Waals surface area contributed by atoms with Crippen molar-refractivity contribution in [2.45, 2.75) is 9.79 Å². The van der Waals surface area contributed by atoms with Crippen LogP contribution in [0.15, 0.2) is 58.3 Å². The molecule has 2 aromatic rings. The summed E-state index contributed by atoms with van der Waals surface area (Å²) in [5, 5.41) is 5.40. The Morgan fingerprint density at radius 3 is 2.43 bits per heavy atom.